The lowest BCUT2D eigenvalue weighted by atomic mass is 9.81. The van der Waals surface area contributed by atoms with Crippen molar-refractivity contribution >= 4 is 5.91 Å². The fraction of sp³-hybridized carbons (Fsp3) is 0.625. The van der Waals surface area contributed by atoms with E-state index in [-0.39, 0.29) is 18.0 Å². The van der Waals surface area contributed by atoms with Crippen molar-refractivity contribution in [2.75, 3.05) is 6.54 Å². The third-order valence-electron chi connectivity index (χ3n) is 3.26. The summed E-state index contributed by atoms with van der Waals surface area (Å²) in [6.45, 7) is 0.775. The molecule has 3 fully saturated rings. The smallest absolute Gasteiger partial charge is 0.276 e. The number of fused-ring (bicyclic) bond motifs is 1. The second kappa shape index (κ2) is 2.54. The quantitative estimate of drug-likeness (QED) is 0.597. The number of carbonyl (C=O) groups is 1. The number of hydrogen-bond acceptors (Lipinski definition) is 4. The lowest BCUT2D eigenvalue weighted by Gasteiger charge is -2.32. The normalized spacial score (nSPS) is 34.4. The van der Waals surface area contributed by atoms with Gasteiger partial charge in [0.25, 0.3) is 5.91 Å². The number of nitrogens with zero attached hydrogens (tertiary/aromatic N) is 3. The van der Waals surface area contributed by atoms with Gasteiger partial charge in [-0.1, -0.05) is 0 Å². The molecule has 1 saturated carbocycles. The van der Waals surface area contributed by atoms with Crippen molar-refractivity contribution in [2.24, 2.45) is 11.7 Å². The van der Waals surface area contributed by atoms with Gasteiger partial charge in [0, 0.05) is 18.6 Å². The predicted molar refractivity (Wildman–Crippen MR) is 47.3 cm³/mol. The molecule has 1 aromatic heterocycles. The molecule has 0 aromatic carbocycles. The Morgan fingerprint density at radius 3 is 3.07 bits per heavy atom. The number of aromatic amines is 1. The largest absolute Gasteiger partial charge is 0.332 e. The molecule has 6 nitrogen and oxygen atoms in total. The molecular formula is C8H11N5O. The van der Waals surface area contributed by atoms with E-state index in [1.807, 2.05) is 4.90 Å². The van der Waals surface area contributed by atoms with Crippen molar-refractivity contribution < 1.29 is 4.79 Å². The Kier molecular flexibility index (Phi) is 1.44. The van der Waals surface area contributed by atoms with Crippen LogP contribution >= 0.6 is 0 Å². The Hall–Kier alpha value is -1.43. The summed E-state index contributed by atoms with van der Waals surface area (Å²) >= 11 is 0. The number of carbonyl (C=O) groups excluding carboxylic acids is 1. The highest BCUT2D eigenvalue weighted by Crippen LogP contribution is 2.40. The summed E-state index contributed by atoms with van der Waals surface area (Å²) in [6, 6.07) is 0.398. The molecule has 1 amide bonds. The predicted octanol–water partition coefficient (Wildman–Crippen LogP) is -1.02. The van der Waals surface area contributed by atoms with Crippen LogP contribution < -0.4 is 5.73 Å². The zero-order valence-corrected chi connectivity index (χ0v) is 7.55. The molecule has 3 atom stereocenters. The Bertz CT molecular complexity index is 362. The Labute approximate surface area is 80.5 Å². The Morgan fingerprint density at radius 1 is 1.71 bits per heavy atom. The maximum Gasteiger partial charge on any atom is 0.276 e. The molecule has 14 heavy (non-hydrogen) atoms. The molecule has 2 saturated heterocycles. The maximum atomic E-state index is 11.8. The van der Waals surface area contributed by atoms with Crippen LogP contribution in [-0.2, 0) is 0 Å². The summed E-state index contributed by atoms with van der Waals surface area (Å²) < 4.78 is 0. The average Bonchev–Trinajstić information content (AvgIpc) is 2.89. The summed E-state index contributed by atoms with van der Waals surface area (Å²) in [5.74, 6) is 0.440. The molecule has 1 aliphatic carbocycles. The summed E-state index contributed by atoms with van der Waals surface area (Å²) in [6.07, 6.45) is 2.49. The van der Waals surface area contributed by atoms with Crippen LogP contribution in [0.2, 0.25) is 0 Å². The lowest BCUT2D eigenvalue weighted by molar-refractivity contribution is 0.0732. The van der Waals surface area contributed by atoms with Gasteiger partial charge in [0.1, 0.15) is 0 Å². The number of H-pyrrole nitrogens is 1. The second-order valence-electron chi connectivity index (χ2n) is 3.95. The first-order valence-electron chi connectivity index (χ1n) is 4.69. The van der Waals surface area contributed by atoms with E-state index in [1.54, 1.807) is 0 Å². The fourth-order valence-corrected chi connectivity index (χ4v) is 2.35. The van der Waals surface area contributed by atoms with E-state index in [9.17, 15) is 4.79 Å². The Morgan fingerprint density at radius 2 is 2.57 bits per heavy atom. The first-order valence-corrected chi connectivity index (χ1v) is 4.69. The van der Waals surface area contributed by atoms with Gasteiger partial charge in [0.15, 0.2) is 5.69 Å². The van der Waals surface area contributed by atoms with Gasteiger partial charge in [-0.15, -0.1) is 0 Å². The molecule has 6 heteroatoms. The van der Waals surface area contributed by atoms with Crippen molar-refractivity contribution in [1.82, 2.24) is 20.3 Å². The number of rotatable bonds is 1. The van der Waals surface area contributed by atoms with Crippen LogP contribution in [-0.4, -0.2) is 44.8 Å². The molecule has 74 valence electrons. The first kappa shape index (κ1) is 7.93. The second-order valence-corrected chi connectivity index (χ2v) is 3.95. The third-order valence-corrected chi connectivity index (χ3v) is 3.26. The van der Waals surface area contributed by atoms with Crippen molar-refractivity contribution in [3.63, 3.8) is 0 Å². The van der Waals surface area contributed by atoms with E-state index in [0.29, 0.717) is 11.6 Å². The van der Waals surface area contributed by atoms with Crippen LogP contribution in [0.3, 0.4) is 0 Å². The van der Waals surface area contributed by atoms with Gasteiger partial charge in [0.05, 0.1) is 6.20 Å². The minimum atomic E-state index is -0.0563. The van der Waals surface area contributed by atoms with E-state index < -0.39 is 0 Å². The summed E-state index contributed by atoms with van der Waals surface area (Å²) in [5, 5.41) is 9.82. The minimum Gasteiger partial charge on any atom is -0.332 e. The third kappa shape index (κ3) is 0.859. The SMILES string of the molecule is NC1C2CC1N(C(=O)c1cn[nH]n1)C2. The van der Waals surface area contributed by atoms with Gasteiger partial charge in [-0.25, -0.2) is 0 Å². The van der Waals surface area contributed by atoms with Crippen molar-refractivity contribution in [2.45, 2.75) is 18.5 Å². The molecule has 3 heterocycles. The number of nitrogens with two attached hydrogens (primary N) is 1. The molecule has 0 spiro atoms. The molecule has 2 bridgehead atoms. The van der Waals surface area contributed by atoms with E-state index in [4.69, 9.17) is 5.73 Å². The van der Waals surface area contributed by atoms with E-state index >= 15 is 0 Å². The highest BCUT2D eigenvalue weighted by molar-refractivity contribution is 5.92. The van der Waals surface area contributed by atoms with Crippen LogP contribution in [0.25, 0.3) is 0 Å². The highest BCUT2D eigenvalue weighted by Gasteiger charge is 2.52. The topological polar surface area (TPSA) is 87.9 Å². The van der Waals surface area contributed by atoms with E-state index in [2.05, 4.69) is 15.4 Å². The lowest BCUT2D eigenvalue weighted by Crippen LogP contribution is -2.50. The van der Waals surface area contributed by atoms with Crippen LogP contribution in [0.15, 0.2) is 6.20 Å². The molecule has 0 radical (unpaired) electrons. The van der Waals surface area contributed by atoms with Gasteiger partial charge in [-0.2, -0.15) is 15.4 Å². The molecule has 3 aliphatic rings. The van der Waals surface area contributed by atoms with Gasteiger partial charge < -0.3 is 10.6 Å². The van der Waals surface area contributed by atoms with E-state index in [0.717, 1.165) is 13.0 Å². The van der Waals surface area contributed by atoms with Crippen LogP contribution in [0.5, 0.6) is 0 Å². The van der Waals surface area contributed by atoms with Crippen LogP contribution in [0.4, 0.5) is 0 Å². The minimum absolute atomic E-state index is 0.0563. The van der Waals surface area contributed by atoms with Gasteiger partial charge in [-0.3, -0.25) is 4.79 Å². The first-order chi connectivity index (χ1) is 6.77. The summed E-state index contributed by atoms with van der Waals surface area (Å²) in [5.41, 5.74) is 6.25. The maximum absolute atomic E-state index is 11.8. The number of aromatic nitrogens is 3. The molecular weight excluding hydrogens is 182 g/mol. The standard InChI is InChI=1S/C8H11N5O/c9-7-4-1-6(7)13(3-4)8(14)5-2-10-12-11-5/h2,4,6-7H,1,3,9H2,(H,10,11,12). The Balaban J connectivity index is 1.82. The van der Waals surface area contributed by atoms with Crippen molar-refractivity contribution in [1.29, 1.82) is 0 Å². The van der Waals surface area contributed by atoms with E-state index in [1.165, 1.54) is 6.20 Å². The van der Waals surface area contributed by atoms with Gasteiger partial charge in [-0.05, 0) is 12.3 Å². The fourth-order valence-electron chi connectivity index (χ4n) is 2.35. The molecule has 4 rings (SSSR count). The molecule has 1 aromatic rings. The van der Waals surface area contributed by atoms with Gasteiger partial charge in [0.2, 0.25) is 0 Å². The number of hydrogen-bond donors (Lipinski definition) is 2. The average molecular weight is 193 g/mol. The highest BCUT2D eigenvalue weighted by atomic mass is 16.2. The summed E-state index contributed by atoms with van der Waals surface area (Å²) in [4.78, 5) is 13.7. The monoisotopic (exact) mass is 193 g/mol. The zero-order chi connectivity index (χ0) is 9.71. The van der Waals surface area contributed by atoms with Crippen molar-refractivity contribution in [3.05, 3.63) is 11.9 Å². The van der Waals surface area contributed by atoms with Crippen LogP contribution in [0.1, 0.15) is 16.9 Å². The zero-order valence-electron chi connectivity index (χ0n) is 7.55. The molecule has 3 N–H and O–H groups in total. The van der Waals surface area contributed by atoms with Crippen molar-refractivity contribution in [3.8, 4) is 0 Å². The number of nitrogens with one attached hydrogen (secondary N) is 1. The summed E-state index contributed by atoms with van der Waals surface area (Å²) in [7, 11) is 0. The molecule has 3 unspecified atom stereocenters. The van der Waals surface area contributed by atoms with Crippen LogP contribution in [0, 0.1) is 5.92 Å². The van der Waals surface area contributed by atoms with Gasteiger partial charge >= 0.3 is 0 Å². The molecule has 2 aliphatic heterocycles. The number of amides is 1.